The van der Waals surface area contributed by atoms with Crippen LogP contribution in [0.2, 0.25) is 0 Å². The van der Waals surface area contributed by atoms with Gasteiger partial charge in [0.15, 0.2) is 0 Å². The van der Waals surface area contributed by atoms with E-state index >= 15 is 0 Å². The fourth-order valence-corrected chi connectivity index (χ4v) is 5.42. The van der Waals surface area contributed by atoms with Gasteiger partial charge in [0.1, 0.15) is 12.0 Å². The average molecular weight is 685 g/mol. The Bertz CT molecular complexity index is 2140. The molecule has 4 aromatic heterocycles. The van der Waals surface area contributed by atoms with Crippen molar-refractivity contribution < 1.29 is 25.8 Å². The number of pyridine rings is 2. The third-order valence-electron chi connectivity index (χ3n) is 7.01. The van der Waals surface area contributed by atoms with E-state index in [1.54, 1.807) is 6.33 Å². The Balaban J connectivity index is 0.00000253. The molecule has 0 aliphatic rings. The van der Waals surface area contributed by atoms with Gasteiger partial charge in [0.25, 0.3) is 0 Å². The second kappa shape index (κ2) is 9.04. The van der Waals surface area contributed by atoms with Crippen molar-refractivity contribution in [2.45, 2.75) is 6.92 Å². The fourth-order valence-electron chi connectivity index (χ4n) is 5.42. The van der Waals surface area contributed by atoms with E-state index in [1.807, 2.05) is 47.0 Å². The van der Waals surface area contributed by atoms with E-state index in [9.17, 15) is 0 Å². The van der Waals surface area contributed by atoms with E-state index in [-0.39, 0.29) is 21.1 Å². The predicted octanol–water partition coefficient (Wildman–Crippen LogP) is 7.23. The number of aromatic nitrogens is 5. The van der Waals surface area contributed by atoms with Crippen LogP contribution in [0.4, 0.5) is 0 Å². The Morgan fingerprint density at radius 3 is 2.36 bits per heavy atom. The SMILES string of the molecule is Cc1cc(Oc2[c-]c3c(cc2)c2ccccc2n2cnnc32)[c-]c(-n2c3ccccc3c3cccnc32)c1.[Pt+2]. The number of ether oxygens (including phenoxy) is 1. The molecule has 4 aromatic carbocycles. The summed E-state index contributed by atoms with van der Waals surface area (Å²) >= 11 is 0. The Labute approximate surface area is 237 Å². The van der Waals surface area contributed by atoms with Crippen molar-refractivity contribution in [1.29, 1.82) is 0 Å². The molecule has 8 rings (SSSR count). The van der Waals surface area contributed by atoms with Gasteiger partial charge in [-0.05, 0) is 29.7 Å². The number of hydrogen-bond donors (Lipinski definition) is 0. The summed E-state index contributed by atoms with van der Waals surface area (Å²) in [5.41, 5.74) is 5.69. The average Bonchev–Trinajstić information content (AvgIpc) is 3.57. The largest absolute Gasteiger partial charge is 2.00 e. The molecule has 188 valence electrons. The van der Waals surface area contributed by atoms with E-state index in [1.165, 1.54) is 0 Å². The molecule has 0 saturated heterocycles. The molecule has 0 unspecified atom stereocenters. The number of para-hydroxylation sites is 2. The third-order valence-corrected chi connectivity index (χ3v) is 7.01. The maximum atomic E-state index is 6.37. The molecule has 8 aromatic rings. The van der Waals surface area contributed by atoms with Crippen LogP contribution in [0.15, 0.2) is 97.5 Å². The quantitative estimate of drug-likeness (QED) is 0.146. The van der Waals surface area contributed by atoms with Crippen LogP contribution in [0.25, 0.3) is 54.9 Å². The van der Waals surface area contributed by atoms with Crippen LogP contribution in [0, 0.1) is 19.1 Å². The topological polar surface area (TPSA) is 57.2 Å². The van der Waals surface area contributed by atoms with Crippen LogP contribution >= 0.6 is 0 Å². The first-order valence-corrected chi connectivity index (χ1v) is 12.4. The second-order valence-electron chi connectivity index (χ2n) is 9.39. The van der Waals surface area contributed by atoms with Gasteiger partial charge < -0.3 is 13.7 Å². The van der Waals surface area contributed by atoms with Gasteiger partial charge in [-0.15, -0.1) is 35.4 Å². The van der Waals surface area contributed by atoms with Crippen molar-refractivity contribution in [3.8, 4) is 17.2 Å². The van der Waals surface area contributed by atoms with E-state index < -0.39 is 0 Å². The second-order valence-corrected chi connectivity index (χ2v) is 9.39. The molecule has 0 N–H and O–H groups in total. The van der Waals surface area contributed by atoms with Gasteiger partial charge in [-0.2, -0.15) is 10.7 Å². The monoisotopic (exact) mass is 684 g/mol. The number of fused-ring (bicyclic) bond motifs is 9. The first-order valence-electron chi connectivity index (χ1n) is 12.4. The summed E-state index contributed by atoms with van der Waals surface area (Å²) in [6, 6.07) is 35.7. The molecular weight excluding hydrogens is 665 g/mol. The minimum absolute atomic E-state index is 0. The molecule has 0 bridgehead atoms. The molecular formula is C32H19N5OPt. The molecule has 0 saturated carbocycles. The first kappa shape index (κ1) is 23.6. The van der Waals surface area contributed by atoms with Gasteiger partial charge in [-0.3, -0.25) is 0 Å². The van der Waals surface area contributed by atoms with Crippen molar-refractivity contribution in [1.82, 2.24) is 24.1 Å². The summed E-state index contributed by atoms with van der Waals surface area (Å²) in [6.07, 6.45) is 3.56. The molecule has 0 spiro atoms. The van der Waals surface area contributed by atoms with Crippen LogP contribution < -0.4 is 4.74 Å². The van der Waals surface area contributed by atoms with E-state index in [2.05, 4.69) is 82.4 Å². The van der Waals surface area contributed by atoms with Crippen molar-refractivity contribution in [2.24, 2.45) is 0 Å². The number of hydrogen-bond acceptors (Lipinski definition) is 4. The minimum Gasteiger partial charge on any atom is -0.503 e. The molecule has 0 radical (unpaired) electrons. The normalized spacial score (nSPS) is 11.5. The van der Waals surface area contributed by atoms with Crippen LogP contribution in [-0.4, -0.2) is 24.1 Å². The molecule has 0 amide bonds. The van der Waals surface area contributed by atoms with Crippen molar-refractivity contribution in [3.63, 3.8) is 0 Å². The van der Waals surface area contributed by atoms with E-state index in [4.69, 9.17) is 9.72 Å². The maximum absolute atomic E-state index is 6.37. The standard InChI is InChI=1S/C32H19N5O.Pt/c1-20-15-21(37-30-11-5-3-8-26(30)27-9-6-14-33-31(27)37)17-23(16-20)38-22-12-13-24-25-7-2-4-10-29(25)36-19-34-35-32(36)28(24)18-22;/h2-16,19H,1H3;/q-2;+2. The minimum atomic E-state index is 0. The molecule has 0 aliphatic carbocycles. The smallest absolute Gasteiger partial charge is 0.503 e. The van der Waals surface area contributed by atoms with Gasteiger partial charge in [-0.1, -0.05) is 65.8 Å². The predicted molar refractivity (Wildman–Crippen MR) is 149 cm³/mol. The zero-order chi connectivity index (χ0) is 25.2. The molecule has 6 nitrogen and oxygen atoms in total. The molecule has 4 heterocycles. The number of nitrogens with zero attached hydrogens (tertiary/aromatic N) is 5. The van der Waals surface area contributed by atoms with Crippen molar-refractivity contribution in [3.05, 3.63) is 115 Å². The van der Waals surface area contributed by atoms with Gasteiger partial charge >= 0.3 is 21.1 Å². The Hall–Kier alpha value is -4.54. The summed E-state index contributed by atoms with van der Waals surface area (Å²) in [6.45, 7) is 2.06. The Kier molecular flexibility index (Phi) is 5.46. The summed E-state index contributed by atoms with van der Waals surface area (Å²) in [7, 11) is 0. The van der Waals surface area contributed by atoms with E-state index in [0.29, 0.717) is 11.5 Å². The molecule has 39 heavy (non-hydrogen) atoms. The van der Waals surface area contributed by atoms with Gasteiger partial charge in [0.2, 0.25) is 0 Å². The van der Waals surface area contributed by atoms with Crippen LogP contribution in [-0.2, 0) is 21.1 Å². The maximum Gasteiger partial charge on any atom is 2.00 e. The summed E-state index contributed by atoms with van der Waals surface area (Å²) < 4.78 is 10.5. The van der Waals surface area contributed by atoms with Crippen LogP contribution in [0.1, 0.15) is 5.56 Å². The van der Waals surface area contributed by atoms with E-state index in [0.717, 1.165) is 60.5 Å². The first-order chi connectivity index (χ1) is 18.7. The zero-order valence-corrected chi connectivity index (χ0v) is 23.0. The van der Waals surface area contributed by atoms with Gasteiger partial charge in [0, 0.05) is 34.0 Å². The van der Waals surface area contributed by atoms with Gasteiger partial charge in [-0.25, -0.2) is 4.98 Å². The molecule has 0 fully saturated rings. The summed E-state index contributed by atoms with van der Waals surface area (Å²) in [5, 5.41) is 13.8. The Morgan fingerprint density at radius 1 is 0.718 bits per heavy atom. The number of rotatable bonds is 3. The Morgan fingerprint density at radius 2 is 1.49 bits per heavy atom. The number of benzene rings is 4. The zero-order valence-electron chi connectivity index (χ0n) is 20.7. The van der Waals surface area contributed by atoms with Crippen molar-refractivity contribution in [2.75, 3.05) is 0 Å². The molecule has 7 heteroatoms. The summed E-state index contributed by atoms with van der Waals surface area (Å²) in [5.74, 6) is 1.20. The third kappa shape index (κ3) is 3.63. The van der Waals surface area contributed by atoms with Gasteiger partial charge in [0.05, 0.1) is 11.2 Å². The summed E-state index contributed by atoms with van der Waals surface area (Å²) in [4.78, 5) is 4.70. The van der Waals surface area contributed by atoms with Crippen molar-refractivity contribution >= 4 is 49.3 Å². The van der Waals surface area contributed by atoms with Crippen LogP contribution in [0.3, 0.4) is 0 Å². The molecule has 0 atom stereocenters. The molecule has 0 aliphatic heterocycles. The fraction of sp³-hybridized carbons (Fsp3) is 0.0312. The number of aryl methyl sites for hydroxylation is 1. The van der Waals surface area contributed by atoms with Crippen LogP contribution in [0.5, 0.6) is 11.5 Å².